The molecular formula is C9H16N2OSSi. The van der Waals surface area contributed by atoms with Crippen LogP contribution in [-0.2, 0) is 4.79 Å². The molecule has 1 rings (SSSR count). The fraction of sp³-hybridized carbons (Fsp3) is 0.556. The Kier molecular flexibility index (Phi) is 3.83. The lowest BCUT2D eigenvalue weighted by Crippen LogP contribution is -2.22. The second-order valence-corrected chi connectivity index (χ2v) is 11.0. The van der Waals surface area contributed by atoms with Gasteiger partial charge in [-0.25, -0.2) is 4.98 Å². The van der Waals surface area contributed by atoms with Crippen LogP contribution in [0.3, 0.4) is 0 Å². The van der Waals surface area contributed by atoms with E-state index < -0.39 is 8.07 Å². The van der Waals surface area contributed by atoms with Crippen molar-refractivity contribution >= 4 is 30.4 Å². The molecular weight excluding hydrogens is 212 g/mol. The molecule has 1 amide bonds. The molecule has 0 fully saturated rings. The first-order valence-corrected chi connectivity index (χ1v) is 9.25. The van der Waals surface area contributed by atoms with Gasteiger partial charge >= 0.3 is 0 Å². The highest BCUT2D eigenvalue weighted by Gasteiger charge is 2.15. The molecule has 0 aliphatic rings. The highest BCUT2D eigenvalue weighted by Crippen LogP contribution is 2.14. The Morgan fingerprint density at radius 2 is 2.29 bits per heavy atom. The van der Waals surface area contributed by atoms with E-state index in [4.69, 9.17) is 0 Å². The van der Waals surface area contributed by atoms with E-state index >= 15 is 0 Å². The van der Waals surface area contributed by atoms with Gasteiger partial charge in [0.25, 0.3) is 0 Å². The maximum Gasteiger partial charge on any atom is 0.225 e. The van der Waals surface area contributed by atoms with Gasteiger partial charge in [-0.2, -0.15) is 0 Å². The van der Waals surface area contributed by atoms with Crippen molar-refractivity contribution in [1.29, 1.82) is 0 Å². The third-order valence-electron chi connectivity index (χ3n) is 1.78. The number of aromatic nitrogens is 1. The molecule has 0 unspecified atom stereocenters. The summed E-state index contributed by atoms with van der Waals surface area (Å²) in [7, 11) is -1.10. The first-order valence-electron chi connectivity index (χ1n) is 4.67. The molecule has 0 saturated heterocycles. The predicted molar refractivity (Wildman–Crippen MR) is 63.5 cm³/mol. The van der Waals surface area contributed by atoms with Gasteiger partial charge in [0.15, 0.2) is 5.13 Å². The Morgan fingerprint density at radius 1 is 1.57 bits per heavy atom. The molecule has 0 aliphatic carbocycles. The normalized spacial score (nSPS) is 11.4. The Hall–Kier alpha value is -0.683. The van der Waals surface area contributed by atoms with E-state index in [0.29, 0.717) is 11.6 Å². The maximum absolute atomic E-state index is 11.4. The zero-order chi connectivity index (χ0) is 10.6. The fourth-order valence-corrected chi connectivity index (χ4v) is 2.48. The Labute approximate surface area is 89.6 Å². The molecule has 0 radical (unpaired) electrons. The standard InChI is InChI=1S/C9H16N2OSSi/c1-14(2,3)7-4-8(12)11-9-10-5-6-13-9/h5-6H,4,7H2,1-3H3,(H,10,11,12). The van der Waals surface area contributed by atoms with E-state index in [1.807, 2.05) is 5.38 Å². The van der Waals surface area contributed by atoms with Crippen molar-refractivity contribution in [2.24, 2.45) is 0 Å². The summed E-state index contributed by atoms with van der Waals surface area (Å²) in [5.41, 5.74) is 0. The van der Waals surface area contributed by atoms with Gasteiger partial charge in [-0.3, -0.25) is 4.79 Å². The largest absolute Gasteiger partial charge is 0.302 e. The van der Waals surface area contributed by atoms with Crippen molar-refractivity contribution in [2.45, 2.75) is 32.1 Å². The van der Waals surface area contributed by atoms with Gasteiger partial charge in [-0.1, -0.05) is 19.6 Å². The third-order valence-corrected chi connectivity index (χ3v) is 4.22. The number of nitrogens with zero attached hydrogens (tertiary/aromatic N) is 1. The Bertz CT molecular complexity index is 292. The van der Waals surface area contributed by atoms with Crippen molar-refractivity contribution in [2.75, 3.05) is 5.32 Å². The van der Waals surface area contributed by atoms with E-state index in [0.717, 1.165) is 6.04 Å². The maximum atomic E-state index is 11.4. The SMILES string of the molecule is C[Si](C)(C)CCC(=O)Nc1nccs1. The second-order valence-electron chi connectivity index (χ2n) is 4.45. The van der Waals surface area contributed by atoms with Crippen LogP contribution < -0.4 is 5.32 Å². The lowest BCUT2D eigenvalue weighted by molar-refractivity contribution is -0.115. The molecule has 5 heteroatoms. The van der Waals surface area contributed by atoms with Crippen molar-refractivity contribution in [3.63, 3.8) is 0 Å². The molecule has 1 aromatic rings. The third kappa shape index (κ3) is 4.52. The average Bonchev–Trinajstić information content (AvgIpc) is 2.52. The Morgan fingerprint density at radius 3 is 2.79 bits per heavy atom. The summed E-state index contributed by atoms with van der Waals surface area (Å²) >= 11 is 1.45. The number of hydrogen-bond donors (Lipinski definition) is 1. The minimum absolute atomic E-state index is 0.0855. The van der Waals surface area contributed by atoms with Crippen molar-refractivity contribution < 1.29 is 4.79 Å². The van der Waals surface area contributed by atoms with E-state index in [-0.39, 0.29) is 5.91 Å². The quantitative estimate of drug-likeness (QED) is 0.805. The summed E-state index contributed by atoms with van der Waals surface area (Å²) in [6, 6.07) is 1.03. The molecule has 3 nitrogen and oxygen atoms in total. The van der Waals surface area contributed by atoms with Crippen LogP contribution in [0.2, 0.25) is 25.7 Å². The van der Waals surface area contributed by atoms with Crippen LogP contribution in [-0.4, -0.2) is 19.0 Å². The van der Waals surface area contributed by atoms with Gasteiger partial charge in [0.05, 0.1) is 0 Å². The van der Waals surface area contributed by atoms with Gasteiger partial charge in [0.2, 0.25) is 5.91 Å². The highest BCUT2D eigenvalue weighted by atomic mass is 32.1. The first-order chi connectivity index (χ1) is 6.47. The second kappa shape index (κ2) is 4.70. The van der Waals surface area contributed by atoms with Crippen LogP contribution in [0.4, 0.5) is 5.13 Å². The molecule has 0 atom stereocenters. The summed E-state index contributed by atoms with van der Waals surface area (Å²) in [4.78, 5) is 15.4. The molecule has 78 valence electrons. The molecule has 14 heavy (non-hydrogen) atoms. The number of carbonyl (C=O) groups excluding carboxylic acids is 1. The lowest BCUT2D eigenvalue weighted by Gasteiger charge is -2.14. The molecule has 0 spiro atoms. The molecule has 1 heterocycles. The molecule has 1 N–H and O–H groups in total. The van der Waals surface area contributed by atoms with Crippen LogP contribution in [0.1, 0.15) is 6.42 Å². The topological polar surface area (TPSA) is 42.0 Å². The molecule has 0 saturated carbocycles. The average molecular weight is 228 g/mol. The van der Waals surface area contributed by atoms with E-state index in [1.54, 1.807) is 6.20 Å². The zero-order valence-electron chi connectivity index (χ0n) is 8.83. The van der Waals surface area contributed by atoms with Gasteiger partial charge in [-0.05, 0) is 6.04 Å². The van der Waals surface area contributed by atoms with E-state index in [9.17, 15) is 4.79 Å². The van der Waals surface area contributed by atoms with Crippen LogP contribution in [0.25, 0.3) is 0 Å². The first kappa shape index (κ1) is 11.4. The van der Waals surface area contributed by atoms with Crippen molar-refractivity contribution in [3.8, 4) is 0 Å². The smallest absolute Gasteiger partial charge is 0.225 e. The summed E-state index contributed by atoms with van der Waals surface area (Å²) in [5, 5.41) is 5.34. The summed E-state index contributed by atoms with van der Waals surface area (Å²) < 4.78 is 0. The monoisotopic (exact) mass is 228 g/mol. The van der Waals surface area contributed by atoms with Gasteiger partial charge in [-0.15, -0.1) is 11.3 Å². The summed E-state index contributed by atoms with van der Waals surface area (Å²) in [6.07, 6.45) is 2.31. The number of amides is 1. The minimum Gasteiger partial charge on any atom is -0.302 e. The summed E-state index contributed by atoms with van der Waals surface area (Å²) in [6.45, 7) is 6.80. The minimum atomic E-state index is -1.10. The lowest BCUT2D eigenvalue weighted by atomic mass is 10.4. The number of carbonyl (C=O) groups is 1. The highest BCUT2D eigenvalue weighted by molar-refractivity contribution is 7.13. The zero-order valence-corrected chi connectivity index (χ0v) is 10.6. The van der Waals surface area contributed by atoms with Gasteiger partial charge < -0.3 is 5.32 Å². The van der Waals surface area contributed by atoms with Gasteiger partial charge in [0, 0.05) is 26.1 Å². The molecule has 1 aromatic heterocycles. The van der Waals surface area contributed by atoms with Crippen molar-refractivity contribution in [3.05, 3.63) is 11.6 Å². The van der Waals surface area contributed by atoms with Crippen LogP contribution in [0, 0.1) is 0 Å². The van der Waals surface area contributed by atoms with Crippen molar-refractivity contribution in [1.82, 2.24) is 4.98 Å². The van der Waals surface area contributed by atoms with Crippen LogP contribution in [0.15, 0.2) is 11.6 Å². The molecule has 0 aliphatic heterocycles. The fourth-order valence-electron chi connectivity index (χ4n) is 0.955. The van der Waals surface area contributed by atoms with Crippen LogP contribution >= 0.6 is 11.3 Å². The van der Waals surface area contributed by atoms with E-state index in [2.05, 4.69) is 29.9 Å². The number of thiazole rings is 1. The number of anilines is 1. The van der Waals surface area contributed by atoms with Gasteiger partial charge in [0.1, 0.15) is 0 Å². The number of rotatable bonds is 4. The molecule has 0 bridgehead atoms. The molecule has 0 aromatic carbocycles. The summed E-state index contributed by atoms with van der Waals surface area (Å²) in [5.74, 6) is 0.0855. The number of hydrogen-bond acceptors (Lipinski definition) is 3. The number of nitrogens with one attached hydrogen (secondary N) is 1. The van der Waals surface area contributed by atoms with Crippen LogP contribution in [0.5, 0.6) is 0 Å². The van der Waals surface area contributed by atoms with E-state index in [1.165, 1.54) is 11.3 Å². The predicted octanol–water partition coefficient (Wildman–Crippen LogP) is 2.81. The Balaban J connectivity index is 2.30.